The highest BCUT2D eigenvalue weighted by atomic mass is 79.9. The van der Waals surface area contributed by atoms with E-state index in [-0.39, 0.29) is 6.04 Å². The number of nitrogens with two attached hydrogens (primary N) is 1. The lowest BCUT2D eigenvalue weighted by Gasteiger charge is -2.23. The van der Waals surface area contributed by atoms with E-state index in [1.54, 1.807) is 0 Å². The number of benzene rings is 1. The van der Waals surface area contributed by atoms with Gasteiger partial charge in [0, 0.05) is 17.1 Å². The fraction of sp³-hybridized carbons (Fsp3) is 0.500. The first kappa shape index (κ1) is 16.0. The summed E-state index contributed by atoms with van der Waals surface area (Å²) in [6.45, 7) is 5.86. The minimum atomic E-state index is -0.501. The van der Waals surface area contributed by atoms with Crippen LogP contribution < -0.4 is 11.1 Å². The Morgan fingerprint density at radius 1 is 1.47 bits per heavy atom. The molecule has 3 N–H and O–H groups in total. The van der Waals surface area contributed by atoms with Crippen molar-refractivity contribution in [3.05, 3.63) is 34.3 Å². The van der Waals surface area contributed by atoms with Gasteiger partial charge in [-0.05, 0) is 44.9 Å². The topological polar surface area (TPSA) is 64.3 Å². The Morgan fingerprint density at radius 2 is 2.16 bits per heavy atom. The van der Waals surface area contributed by atoms with Crippen molar-refractivity contribution in [2.45, 2.75) is 38.8 Å². The molecule has 0 bridgehead atoms. The molecule has 0 aliphatic heterocycles. The third kappa shape index (κ3) is 6.59. The van der Waals surface area contributed by atoms with Gasteiger partial charge in [0.25, 0.3) is 0 Å². The Labute approximate surface area is 122 Å². The molecule has 0 saturated carbocycles. The molecule has 0 spiro atoms. The maximum absolute atomic E-state index is 11.7. The zero-order chi connectivity index (χ0) is 14.5. The Morgan fingerprint density at radius 3 is 2.68 bits per heavy atom. The number of carbonyl (C=O) groups excluding carboxylic acids is 1. The number of hydrogen-bond acceptors (Lipinski definition) is 3. The smallest absolute Gasteiger partial charge is 0.407 e. The van der Waals surface area contributed by atoms with Gasteiger partial charge in [0.05, 0.1) is 0 Å². The van der Waals surface area contributed by atoms with Crippen LogP contribution in [0.3, 0.4) is 0 Å². The number of hydrogen-bond donors (Lipinski definition) is 2. The molecule has 1 rings (SSSR count). The number of rotatable bonds is 4. The van der Waals surface area contributed by atoms with E-state index >= 15 is 0 Å². The van der Waals surface area contributed by atoms with E-state index in [1.807, 2.05) is 45.0 Å². The van der Waals surface area contributed by atoms with Crippen LogP contribution in [0.25, 0.3) is 0 Å². The van der Waals surface area contributed by atoms with Gasteiger partial charge in [-0.15, -0.1) is 0 Å². The molecule has 19 heavy (non-hydrogen) atoms. The summed E-state index contributed by atoms with van der Waals surface area (Å²) in [6.07, 6.45) is 0.243. The summed E-state index contributed by atoms with van der Waals surface area (Å²) in [5, 5.41) is 2.79. The third-order valence-electron chi connectivity index (χ3n) is 2.38. The van der Waals surface area contributed by atoms with Gasteiger partial charge in [0.15, 0.2) is 0 Å². The lowest BCUT2D eigenvalue weighted by molar-refractivity contribution is 0.0506. The summed E-state index contributed by atoms with van der Waals surface area (Å²) in [4.78, 5) is 11.7. The number of alkyl carbamates (subject to hydrolysis) is 1. The van der Waals surface area contributed by atoms with Crippen molar-refractivity contribution in [2.24, 2.45) is 5.73 Å². The fourth-order valence-electron chi connectivity index (χ4n) is 1.62. The van der Waals surface area contributed by atoms with Gasteiger partial charge in [-0.1, -0.05) is 28.1 Å². The number of halogens is 1. The van der Waals surface area contributed by atoms with Crippen molar-refractivity contribution < 1.29 is 9.53 Å². The van der Waals surface area contributed by atoms with Crippen LogP contribution in [-0.4, -0.2) is 24.3 Å². The van der Waals surface area contributed by atoms with Gasteiger partial charge in [0.1, 0.15) is 5.60 Å². The number of amides is 1. The van der Waals surface area contributed by atoms with Crippen LogP contribution in [0.2, 0.25) is 0 Å². The molecule has 1 amide bonds. The Hall–Kier alpha value is -1.07. The predicted octanol–water partition coefficient (Wildman–Crippen LogP) is 2.84. The largest absolute Gasteiger partial charge is 0.444 e. The van der Waals surface area contributed by atoms with Crippen molar-refractivity contribution in [1.82, 2.24) is 5.32 Å². The van der Waals surface area contributed by atoms with Crippen molar-refractivity contribution in [3.8, 4) is 0 Å². The number of carbonyl (C=O) groups is 1. The third-order valence-corrected chi connectivity index (χ3v) is 2.87. The van der Waals surface area contributed by atoms with Crippen LogP contribution in [-0.2, 0) is 11.2 Å². The van der Waals surface area contributed by atoms with Crippen LogP contribution in [0.5, 0.6) is 0 Å². The Balaban J connectivity index is 2.57. The second-order valence-electron chi connectivity index (χ2n) is 5.41. The van der Waals surface area contributed by atoms with E-state index in [0.717, 1.165) is 10.0 Å². The molecule has 0 aromatic heterocycles. The highest BCUT2D eigenvalue weighted by Crippen LogP contribution is 2.13. The van der Waals surface area contributed by atoms with E-state index in [1.165, 1.54) is 0 Å². The number of ether oxygens (including phenoxy) is 1. The summed E-state index contributed by atoms with van der Waals surface area (Å²) >= 11 is 3.42. The monoisotopic (exact) mass is 328 g/mol. The lowest BCUT2D eigenvalue weighted by atomic mass is 10.1. The summed E-state index contributed by atoms with van der Waals surface area (Å²) in [7, 11) is 0. The molecule has 4 nitrogen and oxygen atoms in total. The average molecular weight is 329 g/mol. The van der Waals surface area contributed by atoms with Crippen LogP contribution in [0.15, 0.2) is 28.7 Å². The zero-order valence-corrected chi connectivity index (χ0v) is 13.2. The second-order valence-corrected chi connectivity index (χ2v) is 6.33. The summed E-state index contributed by atoms with van der Waals surface area (Å²) in [6, 6.07) is 7.80. The maximum Gasteiger partial charge on any atom is 0.407 e. The Bertz CT molecular complexity index is 430. The van der Waals surface area contributed by atoms with E-state index < -0.39 is 11.7 Å². The molecule has 0 saturated heterocycles. The van der Waals surface area contributed by atoms with E-state index in [0.29, 0.717) is 13.0 Å². The van der Waals surface area contributed by atoms with Crippen LogP contribution in [0, 0.1) is 0 Å². The average Bonchev–Trinajstić information content (AvgIpc) is 2.25. The van der Waals surface area contributed by atoms with Gasteiger partial charge >= 0.3 is 6.09 Å². The first-order chi connectivity index (χ1) is 8.80. The Kier molecular flexibility index (Phi) is 5.82. The highest BCUT2D eigenvalue weighted by Gasteiger charge is 2.19. The summed E-state index contributed by atoms with van der Waals surface area (Å²) in [5.41, 5.74) is 6.30. The molecule has 0 fully saturated rings. The first-order valence-electron chi connectivity index (χ1n) is 6.24. The molecule has 1 unspecified atom stereocenters. The van der Waals surface area contributed by atoms with Crippen molar-refractivity contribution in [3.63, 3.8) is 0 Å². The minimum Gasteiger partial charge on any atom is -0.444 e. The quantitative estimate of drug-likeness (QED) is 0.893. The van der Waals surface area contributed by atoms with Crippen LogP contribution in [0.4, 0.5) is 4.79 Å². The molecular formula is C14H21BrN2O2. The molecule has 1 atom stereocenters. The molecule has 0 aliphatic rings. The summed E-state index contributed by atoms with van der Waals surface area (Å²) < 4.78 is 6.23. The van der Waals surface area contributed by atoms with Crippen molar-refractivity contribution in [1.29, 1.82) is 0 Å². The maximum atomic E-state index is 11.7. The zero-order valence-electron chi connectivity index (χ0n) is 11.6. The van der Waals surface area contributed by atoms with Gasteiger partial charge in [0.2, 0.25) is 0 Å². The first-order valence-corrected chi connectivity index (χ1v) is 7.03. The normalized spacial score (nSPS) is 12.9. The predicted molar refractivity (Wildman–Crippen MR) is 80.1 cm³/mol. The minimum absolute atomic E-state index is 0.135. The second kappa shape index (κ2) is 6.91. The van der Waals surface area contributed by atoms with Gasteiger partial charge in [-0.2, -0.15) is 0 Å². The standard InChI is InChI=1S/C14H21BrN2O2/c1-14(2,3)19-13(18)17-12(9-16)8-10-5-4-6-11(15)7-10/h4-7,12H,8-9,16H2,1-3H3,(H,17,18). The lowest BCUT2D eigenvalue weighted by Crippen LogP contribution is -2.44. The van der Waals surface area contributed by atoms with Crippen molar-refractivity contribution >= 4 is 22.0 Å². The molecule has 0 aliphatic carbocycles. The SMILES string of the molecule is CC(C)(C)OC(=O)NC(CN)Cc1cccc(Br)c1. The van der Waals surface area contributed by atoms with E-state index in [4.69, 9.17) is 10.5 Å². The molecule has 106 valence electrons. The van der Waals surface area contributed by atoms with Crippen LogP contribution in [0.1, 0.15) is 26.3 Å². The number of nitrogens with one attached hydrogen (secondary N) is 1. The molecular weight excluding hydrogens is 308 g/mol. The van der Waals surface area contributed by atoms with Gasteiger partial charge < -0.3 is 15.8 Å². The molecule has 1 aromatic rings. The molecule has 0 heterocycles. The highest BCUT2D eigenvalue weighted by molar-refractivity contribution is 9.10. The summed E-state index contributed by atoms with van der Waals surface area (Å²) in [5.74, 6) is 0. The fourth-order valence-corrected chi connectivity index (χ4v) is 2.06. The molecule has 0 radical (unpaired) electrons. The van der Waals surface area contributed by atoms with Gasteiger partial charge in [-0.25, -0.2) is 4.79 Å². The van der Waals surface area contributed by atoms with Crippen molar-refractivity contribution in [2.75, 3.05) is 6.54 Å². The van der Waals surface area contributed by atoms with E-state index in [2.05, 4.69) is 21.2 Å². The molecule has 1 aromatic carbocycles. The van der Waals surface area contributed by atoms with E-state index in [9.17, 15) is 4.79 Å². The van der Waals surface area contributed by atoms with Gasteiger partial charge in [-0.3, -0.25) is 0 Å². The molecule has 5 heteroatoms. The van der Waals surface area contributed by atoms with Crippen LogP contribution >= 0.6 is 15.9 Å².